The first-order valence-electron chi connectivity index (χ1n) is 8.41. The first-order chi connectivity index (χ1) is 12.1. The SMILES string of the molecule is CCOc1cc(=O)n2c(c1C(=O)OCc1cccc(F)c1)CCCC2. The van der Waals surface area contributed by atoms with Gasteiger partial charge in [0.2, 0.25) is 0 Å². The lowest BCUT2D eigenvalue weighted by atomic mass is 10.0. The van der Waals surface area contributed by atoms with Gasteiger partial charge in [-0.1, -0.05) is 12.1 Å². The number of pyridine rings is 1. The standard InChI is InChI=1S/C19H20FNO4/c1-2-24-16-11-17(22)21-9-4-3-8-15(21)18(16)19(23)25-12-13-6-5-7-14(20)10-13/h5-7,10-11H,2-4,8-9,12H2,1H3. The minimum absolute atomic E-state index is 0.0409. The van der Waals surface area contributed by atoms with E-state index in [9.17, 15) is 14.0 Å². The monoisotopic (exact) mass is 345 g/mol. The lowest BCUT2D eigenvalue weighted by Crippen LogP contribution is -2.30. The van der Waals surface area contributed by atoms with Crippen LogP contribution in [0.5, 0.6) is 5.75 Å². The van der Waals surface area contributed by atoms with Crippen LogP contribution < -0.4 is 10.3 Å². The zero-order chi connectivity index (χ0) is 17.8. The largest absolute Gasteiger partial charge is 0.493 e. The summed E-state index contributed by atoms with van der Waals surface area (Å²) in [5.41, 5.74) is 1.36. The second-order valence-corrected chi connectivity index (χ2v) is 5.92. The molecule has 0 N–H and O–H groups in total. The number of carbonyl (C=O) groups excluding carboxylic acids is 1. The van der Waals surface area contributed by atoms with Gasteiger partial charge in [-0.05, 0) is 43.9 Å². The van der Waals surface area contributed by atoms with Gasteiger partial charge in [0, 0.05) is 18.3 Å². The molecule has 3 rings (SSSR count). The van der Waals surface area contributed by atoms with Crippen molar-refractivity contribution in [3.63, 3.8) is 0 Å². The third kappa shape index (κ3) is 3.73. The molecule has 25 heavy (non-hydrogen) atoms. The van der Waals surface area contributed by atoms with Gasteiger partial charge in [-0.15, -0.1) is 0 Å². The first-order valence-corrected chi connectivity index (χ1v) is 8.41. The molecule has 1 aliphatic heterocycles. The Morgan fingerprint density at radius 3 is 2.88 bits per heavy atom. The molecule has 2 aromatic rings. The fourth-order valence-corrected chi connectivity index (χ4v) is 3.08. The Balaban J connectivity index is 1.91. The summed E-state index contributed by atoms with van der Waals surface area (Å²) in [5.74, 6) is -0.685. The summed E-state index contributed by atoms with van der Waals surface area (Å²) in [6.45, 7) is 2.68. The maximum atomic E-state index is 13.2. The molecule has 0 unspecified atom stereocenters. The highest BCUT2D eigenvalue weighted by Crippen LogP contribution is 2.26. The highest BCUT2D eigenvalue weighted by atomic mass is 19.1. The van der Waals surface area contributed by atoms with Gasteiger partial charge in [0.1, 0.15) is 23.7 Å². The van der Waals surface area contributed by atoms with Crippen LogP contribution >= 0.6 is 0 Å². The van der Waals surface area contributed by atoms with Gasteiger partial charge in [0.15, 0.2) is 0 Å². The second-order valence-electron chi connectivity index (χ2n) is 5.92. The lowest BCUT2D eigenvalue weighted by Gasteiger charge is -2.22. The normalized spacial score (nSPS) is 13.2. The number of benzene rings is 1. The van der Waals surface area contributed by atoms with Crippen LogP contribution in [0.1, 0.15) is 41.4 Å². The maximum Gasteiger partial charge on any atom is 0.344 e. The van der Waals surface area contributed by atoms with Gasteiger partial charge in [-0.25, -0.2) is 9.18 Å². The highest BCUT2D eigenvalue weighted by Gasteiger charge is 2.25. The maximum absolute atomic E-state index is 13.2. The number of ether oxygens (including phenoxy) is 2. The molecule has 0 aliphatic carbocycles. The van der Waals surface area contributed by atoms with E-state index in [4.69, 9.17) is 9.47 Å². The van der Waals surface area contributed by atoms with Crippen LogP contribution in [-0.4, -0.2) is 17.1 Å². The van der Waals surface area contributed by atoms with E-state index in [1.165, 1.54) is 18.2 Å². The fourth-order valence-electron chi connectivity index (χ4n) is 3.08. The Morgan fingerprint density at radius 1 is 1.28 bits per heavy atom. The Labute approximate surface area is 145 Å². The Hall–Kier alpha value is -2.63. The zero-order valence-corrected chi connectivity index (χ0v) is 14.1. The van der Waals surface area contributed by atoms with Crippen molar-refractivity contribution >= 4 is 5.97 Å². The molecule has 132 valence electrons. The number of aromatic nitrogens is 1. The predicted molar refractivity (Wildman–Crippen MR) is 90.3 cm³/mol. The smallest absolute Gasteiger partial charge is 0.344 e. The van der Waals surface area contributed by atoms with E-state index in [1.807, 2.05) is 0 Å². The van der Waals surface area contributed by atoms with Crippen LogP contribution in [0, 0.1) is 5.82 Å². The zero-order valence-electron chi connectivity index (χ0n) is 14.1. The minimum atomic E-state index is -0.557. The van der Waals surface area contributed by atoms with Crippen LogP contribution in [0.25, 0.3) is 0 Å². The van der Waals surface area contributed by atoms with Crippen LogP contribution in [0.2, 0.25) is 0 Å². The van der Waals surface area contributed by atoms with Gasteiger partial charge < -0.3 is 14.0 Å². The molecule has 0 fully saturated rings. The number of carbonyl (C=O) groups is 1. The van der Waals surface area contributed by atoms with E-state index in [1.54, 1.807) is 23.6 Å². The van der Waals surface area contributed by atoms with E-state index in [0.29, 0.717) is 36.4 Å². The molecule has 1 aromatic carbocycles. The summed E-state index contributed by atoms with van der Waals surface area (Å²) in [6.07, 6.45) is 2.43. The van der Waals surface area contributed by atoms with E-state index in [-0.39, 0.29) is 23.7 Å². The Bertz CT molecular complexity index is 844. The fraction of sp³-hybridized carbons (Fsp3) is 0.368. The van der Waals surface area contributed by atoms with Gasteiger partial charge in [0.05, 0.1) is 6.61 Å². The molecule has 5 nitrogen and oxygen atoms in total. The highest BCUT2D eigenvalue weighted by molar-refractivity contribution is 5.93. The van der Waals surface area contributed by atoms with Gasteiger partial charge in [0.25, 0.3) is 5.56 Å². The van der Waals surface area contributed by atoms with Crippen molar-refractivity contribution in [3.8, 4) is 5.75 Å². The minimum Gasteiger partial charge on any atom is -0.493 e. The van der Waals surface area contributed by atoms with Gasteiger partial charge in [-0.2, -0.15) is 0 Å². The van der Waals surface area contributed by atoms with E-state index < -0.39 is 5.97 Å². The second kappa shape index (κ2) is 7.51. The van der Waals surface area contributed by atoms with Gasteiger partial charge in [-0.3, -0.25) is 4.79 Å². The molecular weight excluding hydrogens is 325 g/mol. The number of rotatable bonds is 5. The van der Waals surface area contributed by atoms with Crippen molar-refractivity contribution in [1.82, 2.24) is 4.57 Å². The molecule has 0 radical (unpaired) electrons. The van der Waals surface area contributed by atoms with Gasteiger partial charge >= 0.3 is 5.97 Å². The van der Waals surface area contributed by atoms with E-state index >= 15 is 0 Å². The number of hydrogen-bond acceptors (Lipinski definition) is 4. The van der Waals surface area contributed by atoms with E-state index in [2.05, 4.69) is 0 Å². The molecular formula is C19H20FNO4. The molecule has 1 aromatic heterocycles. The summed E-state index contributed by atoms with van der Waals surface area (Å²) >= 11 is 0. The summed E-state index contributed by atoms with van der Waals surface area (Å²) in [6, 6.07) is 7.25. The van der Waals surface area contributed by atoms with Crippen LogP contribution in [0.4, 0.5) is 4.39 Å². The summed E-state index contributed by atoms with van der Waals surface area (Å²) < 4.78 is 25.7. The number of nitrogens with zero attached hydrogens (tertiary/aromatic N) is 1. The number of halogens is 1. The Morgan fingerprint density at radius 2 is 2.12 bits per heavy atom. The predicted octanol–water partition coefficient (Wildman–Crippen LogP) is 3.08. The third-order valence-corrected chi connectivity index (χ3v) is 4.19. The average Bonchev–Trinajstić information content (AvgIpc) is 2.60. The molecule has 0 amide bonds. The summed E-state index contributed by atoms with van der Waals surface area (Å²) in [7, 11) is 0. The van der Waals surface area contributed by atoms with Crippen LogP contribution in [0.3, 0.4) is 0 Å². The van der Waals surface area contributed by atoms with Crippen molar-refractivity contribution in [2.75, 3.05) is 6.61 Å². The third-order valence-electron chi connectivity index (χ3n) is 4.19. The number of fused-ring (bicyclic) bond motifs is 1. The molecule has 0 bridgehead atoms. The van der Waals surface area contributed by atoms with Crippen molar-refractivity contribution in [2.45, 2.75) is 39.3 Å². The molecule has 0 saturated heterocycles. The number of esters is 1. The van der Waals surface area contributed by atoms with Crippen molar-refractivity contribution in [3.05, 3.63) is 63.3 Å². The van der Waals surface area contributed by atoms with Crippen LogP contribution in [-0.2, 0) is 24.3 Å². The van der Waals surface area contributed by atoms with Crippen LogP contribution in [0.15, 0.2) is 35.1 Å². The molecule has 0 atom stereocenters. The topological polar surface area (TPSA) is 57.5 Å². The van der Waals surface area contributed by atoms with Crippen molar-refractivity contribution in [1.29, 1.82) is 0 Å². The average molecular weight is 345 g/mol. The molecule has 0 spiro atoms. The first kappa shape index (κ1) is 17.2. The van der Waals surface area contributed by atoms with E-state index in [0.717, 1.165) is 12.8 Å². The van der Waals surface area contributed by atoms with Crippen molar-refractivity contribution in [2.24, 2.45) is 0 Å². The van der Waals surface area contributed by atoms with Crippen molar-refractivity contribution < 1.29 is 18.7 Å². The molecule has 2 heterocycles. The lowest BCUT2D eigenvalue weighted by molar-refractivity contribution is 0.0464. The summed E-state index contributed by atoms with van der Waals surface area (Å²) in [5, 5.41) is 0. The molecule has 6 heteroatoms. The Kier molecular flexibility index (Phi) is 5.16. The molecule has 0 saturated carbocycles. The number of hydrogen-bond donors (Lipinski definition) is 0. The molecule has 1 aliphatic rings. The quantitative estimate of drug-likeness (QED) is 0.782. The summed E-state index contributed by atoms with van der Waals surface area (Å²) in [4.78, 5) is 24.9.